The Balaban J connectivity index is 2.29. The summed E-state index contributed by atoms with van der Waals surface area (Å²) in [5.41, 5.74) is -0.134. The SMILES string of the molecule is CCn1nc(C(=O)O)c(C(C)=O)c(Nc2cccc3ncccc23)c1=O. The van der Waals surface area contributed by atoms with Crippen LogP contribution in [0.5, 0.6) is 0 Å². The summed E-state index contributed by atoms with van der Waals surface area (Å²) in [5.74, 6) is -1.93. The van der Waals surface area contributed by atoms with Crippen LogP contribution in [0.3, 0.4) is 0 Å². The lowest BCUT2D eigenvalue weighted by atomic mass is 10.1. The first kappa shape index (κ1) is 17.3. The topological polar surface area (TPSA) is 114 Å². The van der Waals surface area contributed by atoms with Crippen molar-refractivity contribution >= 4 is 34.0 Å². The highest BCUT2D eigenvalue weighted by Crippen LogP contribution is 2.26. The van der Waals surface area contributed by atoms with Crippen molar-refractivity contribution in [3.63, 3.8) is 0 Å². The maximum atomic E-state index is 12.7. The monoisotopic (exact) mass is 352 g/mol. The van der Waals surface area contributed by atoms with Gasteiger partial charge >= 0.3 is 5.97 Å². The number of fused-ring (bicyclic) bond motifs is 1. The number of aromatic nitrogens is 3. The van der Waals surface area contributed by atoms with Crippen LogP contribution >= 0.6 is 0 Å². The minimum atomic E-state index is -1.37. The Morgan fingerprint density at radius 1 is 1.23 bits per heavy atom. The second-order valence-corrected chi connectivity index (χ2v) is 5.58. The zero-order chi connectivity index (χ0) is 18.8. The number of nitrogens with one attached hydrogen (secondary N) is 1. The Hall–Kier alpha value is -3.55. The summed E-state index contributed by atoms with van der Waals surface area (Å²) in [4.78, 5) is 40.6. The van der Waals surface area contributed by atoms with E-state index >= 15 is 0 Å². The summed E-state index contributed by atoms with van der Waals surface area (Å²) in [5, 5.41) is 16.9. The van der Waals surface area contributed by atoms with Gasteiger partial charge in [-0.15, -0.1) is 0 Å². The molecule has 0 amide bonds. The molecular formula is C18H16N4O4. The number of carboxylic acids is 1. The molecule has 1 aromatic carbocycles. The number of carboxylic acid groups (broad SMARTS) is 1. The largest absolute Gasteiger partial charge is 0.476 e. The van der Waals surface area contributed by atoms with Crippen molar-refractivity contribution in [2.75, 3.05) is 5.32 Å². The molecule has 0 saturated carbocycles. The summed E-state index contributed by atoms with van der Waals surface area (Å²) < 4.78 is 1.02. The predicted octanol–water partition coefficient (Wildman–Crippen LogP) is 2.46. The molecule has 0 radical (unpaired) electrons. The number of ketones is 1. The molecule has 0 aliphatic heterocycles. The lowest BCUT2D eigenvalue weighted by molar-refractivity contribution is 0.0682. The number of hydrogen-bond donors (Lipinski definition) is 2. The van der Waals surface area contributed by atoms with Gasteiger partial charge in [0.25, 0.3) is 5.56 Å². The van der Waals surface area contributed by atoms with E-state index in [4.69, 9.17) is 0 Å². The second-order valence-electron chi connectivity index (χ2n) is 5.58. The van der Waals surface area contributed by atoms with Crippen molar-refractivity contribution in [2.24, 2.45) is 0 Å². The predicted molar refractivity (Wildman–Crippen MR) is 96.2 cm³/mol. The highest BCUT2D eigenvalue weighted by molar-refractivity contribution is 6.08. The van der Waals surface area contributed by atoms with E-state index < -0.39 is 23.0 Å². The molecule has 0 spiro atoms. The standard InChI is InChI=1S/C18H16N4O4/c1-3-22-17(24)15(14(10(2)23)16(21-22)18(25)26)20-13-8-4-7-12-11(13)6-5-9-19-12/h4-9,20H,3H2,1-2H3,(H,25,26). The summed E-state index contributed by atoms with van der Waals surface area (Å²) in [6, 6.07) is 8.86. The van der Waals surface area contributed by atoms with Gasteiger partial charge in [-0.3, -0.25) is 14.6 Å². The van der Waals surface area contributed by atoms with Crippen LogP contribution in [0.15, 0.2) is 41.3 Å². The fourth-order valence-electron chi connectivity index (χ4n) is 2.74. The minimum Gasteiger partial charge on any atom is -0.476 e. The quantitative estimate of drug-likeness (QED) is 0.678. The van der Waals surface area contributed by atoms with Crippen LogP contribution in [0, 0.1) is 0 Å². The smallest absolute Gasteiger partial charge is 0.357 e. The molecule has 0 atom stereocenters. The molecule has 2 N–H and O–H groups in total. The lowest BCUT2D eigenvalue weighted by Gasteiger charge is -2.15. The molecule has 0 aliphatic carbocycles. The highest BCUT2D eigenvalue weighted by Gasteiger charge is 2.25. The first-order valence-corrected chi connectivity index (χ1v) is 7.94. The molecule has 0 bridgehead atoms. The number of rotatable bonds is 5. The zero-order valence-electron chi connectivity index (χ0n) is 14.2. The van der Waals surface area contributed by atoms with E-state index in [1.165, 1.54) is 6.92 Å². The molecule has 0 fully saturated rings. The van der Waals surface area contributed by atoms with Crippen molar-refractivity contribution in [3.05, 3.63) is 58.1 Å². The Labute approximate surface area is 148 Å². The normalized spacial score (nSPS) is 10.7. The van der Waals surface area contributed by atoms with Gasteiger partial charge < -0.3 is 10.4 Å². The molecule has 8 heteroatoms. The van der Waals surface area contributed by atoms with Crippen molar-refractivity contribution in [2.45, 2.75) is 20.4 Å². The Bertz CT molecular complexity index is 1080. The third-order valence-electron chi connectivity index (χ3n) is 3.92. The van der Waals surface area contributed by atoms with Crippen molar-refractivity contribution in [3.8, 4) is 0 Å². The maximum absolute atomic E-state index is 12.7. The van der Waals surface area contributed by atoms with Gasteiger partial charge in [0.1, 0.15) is 5.69 Å². The third-order valence-corrected chi connectivity index (χ3v) is 3.92. The molecule has 0 saturated heterocycles. The minimum absolute atomic E-state index is 0.108. The van der Waals surface area contributed by atoms with Crippen LogP contribution in [-0.2, 0) is 6.54 Å². The third kappa shape index (κ3) is 2.92. The van der Waals surface area contributed by atoms with Crippen molar-refractivity contribution in [1.82, 2.24) is 14.8 Å². The van der Waals surface area contributed by atoms with Gasteiger partial charge in [0.2, 0.25) is 0 Å². The average molecular weight is 352 g/mol. The summed E-state index contributed by atoms with van der Waals surface area (Å²) in [6.07, 6.45) is 1.64. The molecule has 0 aliphatic rings. The van der Waals surface area contributed by atoms with Gasteiger partial charge in [-0.2, -0.15) is 5.10 Å². The first-order chi connectivity index (χ1) is 12.4. The number of hydrogen-bond acceptors (Lipinski definition) is 6. The summed E-state index contributed by atoms with van der Waals surface area (Å²) in [7, 11) is 0. The van der Waals surface area contributed by atoms with Crippen molar-refractivity contribution in [1.29, 1.82) is 0 Å². The number of nitrogens with zero attached hydrogens (tertiary/aromatic N) is 3. The molecule has 8 nitrogen and oxygen atoms in total. The summed E-state index contributed by atoms with van der Waals surface area (Å²) >= 11 is 0. The zero-order valence-corrected chi connectivity index (χ0v) is 14.2. The number of Topliss-reactive ketones (excluding diaryl/α,β-unsaturated/α-hetero) is 1. The fraction of sp³-hybridized carbons (Fsp3) is 0.167. The number of carbonyl (C=O) groups excluding carboxylic acids is 1. The van der Waals surface area contributed by atoms with Gasteiger partial charge in [-0.05, 0) is 38.1 Å². The molecule has 2 heterocycles. The second kappa shape index (κ2) is 6.75. The number of aromatic carboxylic acids is 1. The van der Waals surface area contributed by atoms with Crippen LogP contribution < -0.4 is 10.9 Å². The average Bonchev–Trinajstić information content (AvgIpc) is 2.62. The number of aryl methyl sites for hydroxylation is 1. The highest BCUT2D eigenvalue weighted by atomic mass is 16.4. The molecule has 3 rings (SSSR count). The molecule has 132 valence electrons. The lowest BCUT2D eigenvalue weighted by Crippen LogP contribution is -2.30. The van der Waals surface area contributed by atoms with Gasteiger partial charge in [-0.25, -0.2) is 9.48 Å². The number of carbonyl (C=O) groups is 2. The molecular weight excluding hydrogens is 336 g/mol. The number of benzene rings is 1. The van der Waals surface area contributed by atoms with Crippen LogP contribution in [0.4, 0.5) is 11.4 Å². The van der Waals surface area contributed by atoms with Crippen LogP contribution in [0.1, 0.15) is 34.7 Å². The Morgan fingerprint density at radius 2 is 2.00 bits per heavy atom. The van der Waals surface area contributed by atoms with E-state index in [9.17, 15) is 19.5 Å². The number of anilines is 2. The van der Waals surface area contributed by atoms with Gasteiger partial charge in [0.05, 0.1) is 11.1 Å². The van der Waals surface area contributed by atoms with Gasteiger partial charge in [0, 0.05) is 23.8 Å². The number of pyridine rings is 1. The molecule has 0 unspecified atom stereocenters. The fourth-order valence-corrected chi connectivity index (χ4v) is 2.74. The van der Waals surface area contributed by atoms with E-state index in [1.807, 2.05) is 12.1 Å². The van der Waals surface area contributed by atoms with Crippen LogP contribution in [-0.4, -0.2) is 31.6 Å². The van der Waals surface area contributed by atoms with E-state index in [1.54, 1.807) is 31.3 Å². The molecule has 26 heavy (non-hydrogen) atoms. The molecule has 2 aromatic heterocycles. The van der Waals surface area contributed by atoms with Gasteiger partial charge in [-0.1, -0.05) is 6.07 Å². The van der Waals surface area contributed by atoms with E-state index in [0.29, 0.717) is 11.2 Å². The van der Waals surface area contributed by atoms with Crippen molar-refractivity contribution < 1.29 is 14.7 Å². The maximum Gasteiger partial charge on any atom is 0.357 e. The van der Waals surface area contributed by atoms with E-state index in [2.05, 4.69) is 15.4 Å². The van der Waals surface area contributed by atoms with Crippen LogP contribution in [0.25, 0.3) is 10.9 Å². The molecule has 3 aromatic rings. The summed E-state index contributed by atoms with van der Waals surface area (Å²) in [6.45, 7) is 3.04. The van der Waals surface area contributed by atoms with Crippen LogP contribution in [0.2, 0.25) is 0 Å². The van der Waals surface area contributed by atoms with Gasteiger partial charge in [0.15, 0.2) is 11.5 Å². The Morgan fingerprint density at radius 3 is 2.65 bits per heavy atom. The van der Waals surface area contributed by atoms with E-state index in [0.717, 1.165) is 10.1 Å². The Kier molecular flexibility index (Phi) is 4.49. The first-order valence-electron chi connectivity index (χ1n) is 7.94. The van der Waals surface area contributed by atoms with E-state index in [-0.39, 0.29) is 17.8 Å².